The molecule has 0 radical (unpaired) electrons. The molecule has 1 aromatic heterocycles. The number of rotatable bonds is 9. The maximum atomic E-state index is 13.0. The van der Waals surface area contributed by atoms with Crippen LogP contribution in [0.5, 0.6) is 11.5 Å². The van der Waals surface area contributed by atoms with Gasteiger partial charge in [0, 0.05) is 29.6 Å². The number of aromatic amines is 1. The molecule has 4 rings (SSSR count). The molecule has 1 fully saturated rings. The van der Waals surface area contributed by atoms with Gasteiger partial charge in [0.05, 0.1) is 12.1 Å². The van der Waals surface area contributed by atoms with E-state index in [1.54, 1.807) is 0 Å². The molecule has 180 valence electrons. The zero-order chi connectivity index (χ0) is 23.2. The molecular formula is C25H36N4O3S. The minimum absolute atomic E-state index is 0.0773. The normalized spacial score (nSPS) is 15.8. The molecule has 2 aromatic rings. The highest BCUT2D eigenvalue weighted by atomic mass is 32.1. The fourth-order valence-corrected chi connectivity index (χ4v) is 5.16. The summed E-state index contributed by atoms with van der Waals surface area (Å²) in [4.78, 5) is 20.6. The Kier molecular flexibility index (Phi) is 8.09. The maximum Gasteiger partial charge on any atom is 0.253 e. The topological polar surface area (TPSA) is 69.8 Å². The lowest BCUT2D eigenvalue weighted by Crippen LogP contribution is -2.47. The smallest absolute Gasteiger partial charge is 0.253 e. The fraction of sp³-hybridized carbons (Fsp3) is 0.600. The highest BCUT2D eigenvalue weighted by Gasteiger charge is 2.25. The summed E-state index contributed by atoms with van der Waals surface area (Å²) >= 11 is 5.85. The largest absolute Gasteiger partial charge is 0.454 e. The molecule has 8 heteroatoms. The minimum Gasteiger partial charge on any atom is -0.454 e. The van der Waals surface area contributed by atoms with E-state index in [-0.39, 0.29) is 12.4 Å². The van der Waals surface area contributed by atoms with Crippen LogP contribution in [-0.4, -0.2) is 58.9 Å². The molecule has 0 saturated heterocycles. The van der Waals surface area contributed by atoms with E-state index in [1.807, 2.05) is 18.2 Å². The van der Waals surface area contributed by atoms with E-state index in [9.17, 15) is 4.79 Å². The van der Waals surface area contributed by atoms with Gasteiger partial charge in [-0.3, -0.25) is 4.79 Å². The van der Waals surface area contributed by atoms with E-state index >= 15 is 0 Å². The van der Waals surface area contributed by atoms with Crippen LogP contribution in [0, 0.1) is 0 Å². The molecule has 1 saturated carbocycles. The summed E-state index contributed by atoms with van der Waals surface area (Å²) in [5.74, 6) is 1.39. The predicted molar refractivity (Wildman–Crippen MR) is 136 cm³/mol. The second kappa shape index (κ2) is 11.2. The molecular weight excluding hydrogens is 436 g/mol. The molecule has 0 unspecified atom stereocenters. The first-order valence-electron chi connectivity index (χ1n) is 12.3. The molecule has 2 heterocycles. The first-order chi connectivity index (χ1) is 16.1. The molecule has 0 bridgehead atoms. The van der Waals surface area contributed by atoms with Gasteiger partial charge < -0.3 is 29.6 Å². The SMILES string of the molecule is CCN(CC)CCCNC(=S)N(Cc1cc2cc3c(cc2[nH]c1=O)OCO3)C1CCCCC1. The van der Waals surface area contributed by atoms with Crippen LogP contribution in [0.2, 0.25) is 0 Å². The Balaban J connectivity index is 1.49. The van der Waals surface area contributed by atoms with E-state index in [0.29, 0.717) is 18.3 Å². The summed E-state index contributed by atoms with van der Waals surface area (Å²) in [6, 6.07) is 6.11. The van der Waals surface area contributed by atoms with Gasteiger partial charge >= 0.3 is 0 Å². The van der Waals surface area contributed by atoms with Gasteiger partial charge in [-0.15, -0.1) is 0 Å². The molecule has 0 atom stereocenters. The second-order valence-corrected chi connectivity index (χ2v) is 9.34. The minimum atomic E-state index is -0.0773. The van der Waals surface area contributed by atoms with Crippen molar-refractivity contribution in [2.75, 3.05) is 33.0 Å². The summed E-state index contributed by atoms with van der Waals surface area (Å²) in [6.07, 6.45) is 6.98. The summed E-state index contributed by atoms with van der Waals surface area (Å²) in [5.41, 5.74) is 1.40. The quantitative estimate of drug-likeness (QED) is 0.422. The van der Waals surface area contributed by atoms with Crippen molar-refractivity contribution in [1.82, 2.24) is 20.1 Å². The van der Waals surface area contributed by atoms with E-state index in [1.165, 1.54) is 19.3 Å². The number of fused-ring (bicyclic) bond motifs is 2. The van der Waals surface area contributed by atoms with Crippen molar-refractivity contribution in [3.63, 3.8) is 0 Å². The number of pyridine rings is 1. The first kappa shape index (κ1) is 23.8. The third-order valence-corrected chi connectivity index (χ3v) is 7.23. The van der Waals surface area contributed by atoms with E-state index in [4.69, 9.17) is 21.7 Å². The number of nitrogens with one attached hydrogen (secondary N) is 2. The summed E-state index contributed by atoms with van der Waals surface area (Å²) in [5, 5.41) is 5.17. The van der Waals surface area contributed by atoms with Gasteiger partial charge in [0.15, 0.2) is 16.6 Å². The molecule has 1 aromatic carbocycles. The molecule has 1 aliphatic heterocycles. The van der Waals surface area contributed by atoms with Crippen molar-refractivity contribution in [3.05, 3.63) is 34.1 Å². The maximum absolute atomic E-state index is 13.0. The van der Waals surface area contributed by atoms with Crippen molar-refractivity contribution in [1.29, 1.82) is 0 Å². The molecule has 33 heavy (non-hydrogen) atoms. The monoisotopic (exact) mass is 472 g/mol. The number of aromatic nitrogens is 1. The Hall–Kier alpha value is -2.32. The van der Waals surface area contributed by atoms with Gasteiger partial charge in [0.1, 0.15) is 0 Å². The fourth-order valence-electron chi connectivity index (χ4n) is 4.84. The zero-order valence-corrected chi connectivity index (χ0v) is 20.6. The van der Waals surface area contributed by atoms with Crippen LogP contribution in [0.1, 0.15) is 57.9 Å². The van der Waals surface area contributed by atoms with Crippen LogP contribution in [0.25, 0.3) is 10.9 Å². The van der Waals surface area contributed by atoms with E-state index in [0.717, 1.165) is 72.8 Å². The van der Waals surface area contributed by atoms with Crippen molar-refractivity contribution in [2.24, 2.45) is 0 Å². The first-order valence-corrected chi connectivity index (χ1v) is 12.7. The molecule has 7 nitrogen and oxygen atoms in total. The average Bonchev–Trinajstić information content (AvgIpc) is 3.29. The van der Waals surface area contributed by atoms with Crippen LogP contribution >= 0.6 is 12.2 Å². The third kappa shape index (κ3) is 5.79. The van der Waals surface area contributed by atoms with Crippen LogP contribution in [0.4, 0.5) is 0 Å². The summed E-state index contributed by atoms with van der Waals surface area (Å²) in [6.45, 7) is 9.16. The van der Waals surface area contributed by atoms with Crippen LogP contribution in [-0.2, 0) is 6.54 Å². The number of thiocarbonyl (C=S) groups is 1. The lowest BCUT2D eigenvalue weighted by Gasteiger charge is -2.36. The Labute approximate surface area is 201 Å². The van der Waals surface area contributed by atoms with Crippen LogP contribution in [0.15, 0.2) is 23.0 Å². The summed E-state index contributed by atoms with van der Waals surface area (Å²) in [7, 11) is 0. The lowest BCUT2D eigenvalue weighted by molar-refractivity contribution is 0.174. The van der Waals surface area contributed by atoms with Gasteiger partial charge in [-0.25, -0.2) is 0 Å². The van der Waals surface area contributed by atoms with Gasteiger partial charge in [0.25, 0.3) is 5.56 Å². The highest BCUT2D eigenvalue weighted by Crippen LogP contribution is 2.35. The Morgan fingerprint density at radius 2 is 1.85 bits per heavy atom. The van der Waals surface area contributed by atoms with Crippen molar-refractivity contribution in [3.8, 4) is 11.5 Å². The van der Waals surface area contributed by atoms with Crippen LogP contribution in [0.3, 0.4) is 0 Å². The van der Waals surface area contributed by atoms with Gasteiger partial charge in [-0.1, -0.05) is 33.1 Å². The Morgan fingerprint density at radius 3 is 2.58 bits per heavy atom. The number of benzene rings is 1. The average molecular weight is 473 g/mol. The lowest BCUT2D eigenvalue weighted by atomic mass is 9.94. The molecule has 1 aliphatic carbocycles. The Morgan fingerprint density at radius 1 is 1.12 bits per heavy atom. The second-order valence-electron chi connectivity index (χ2n) is 8.95. The number of hydrogen-bond donors (Lipinski definition) is 2. The van der Waals surface area contributed by atoms with Crippen molar-refractivity contribution >= 4 is 28.2 Å². The third-order valence-electron chi connectivity index (χ3n) is 6.85. The van der Waals surface area contributed by atoms with Crippen LogP contribution < -0.4 is 20.3 Å². The van der Waals surface area contributed by atoms with E-state index in [2.05, 4.69) is 33.9 Å². The summed E-state index contributed by atoms with van der Waals surface area (Å²) < 4.78 is 11.0. The van der Waals surface area contributed by atoms with Gasteiger partial charge in [-0.2, -0.15) is 0 Å². The molecule has 0 spiro atoms. The van der Waals surface area contributed by atoms with Crippen molar-refractivity contribution < 1.29 is 9.47 Å². The number of nitrogens with zero attached hydrogens (tertiary/aromatic N) is 2. The predicted octanol–water partition coefficient (Wildman–Crippen LogP) is 4.00. The van der Waals surface area contributed by atoms with Gasteiger partial charge in [0.2, 0.25) is 6.79 Å². The number of H-pyrrole nitrogens is 1. The molecule has 2 aliphatic rings. The number of ether oxygens (including phenoxy) is 2. The molecule has 2 N–H and O–H groups in total. The number of hydrogen-bond acceptors (Lipinski definition) is 5. The Bertz CT molecular complexity index is 1010. The highest BCUT2D eigenvalue weighted by molar-refractivity contribution is 7.80. The van der Waals surface area contributed by atoms with Gasteiger partial charge in [-0.05, 0) is 63.2 Å². The zero-order valence-electron chi connectivity index (χ0n) is 19.8. The van der Waals surface area contributed by atoms with E-state index < -0.39 is 0 Å². The standard InChI is InChI=1S/C25H36N4O3S/c1-3-28(4-2)12-8-11-26-25(33)29(20-9-6-5-7-10-20)16-19-13-18-14-22-23(32-17-31-22)15-21(18)27-24(19)30/h13-15,20H,3-12,16-17H2,1-2H3,(H,26,33)(H,27,30). The van der Waals surface area contributed by atoms with Crippen molar-refractivity contribution in [2.45, 2.75) is 65.0 Å². The molecule has 0 amide bonds.